The van der Waals surface area contributed by atoms with E-state index in [0.29, 0.717) is 13.1 Å². The van der Waals surface area contributed by atoms with Crippen molar-refractivity contribution in [2.24, 2.45) is 0 Å². The SMILES string of the molecule is COc1ccc(-c2cc(-c3cccnc3)n(CCNC(=O)[C@@H](C)c3ccccc3)n2)cc1. The van der Waals surface area contributed by atoms with Crippen molar-refractivity contribution in [1.29, 1.82) is 0 Å². The maximum atomic E-state index is 12.6. The minimum Gasteiger partial charge on any atom is -0.497 e. The van der Waals surface area contributed by atoms with E-state index in [1.165, 1.54) is 0 Å². The molecule has 0 saturated heterocycles. The van der Waals surface area contributed by atoms with E-state index in [9.17, 15) is 4.79 Å². The van der Waals surface area contributed by atoms with Crippen molar-refractivity contribution in [2.75, 3.05) is 13.7 Å². The Morgan fingerprint density at radius 1 is 1.03 bits per heavy atom. The van der Waals surface area contributed by atoms with Crippen LogP contribution >= 0.6 is 0 Å². The number of methoxy groups -OCH3 is 1. The third-order valence-electron chi connectivity index (χ3n) is 5.44. The van der Waals surface area contributed by atoms with Gasteiger partial charge in [-0.25, -0.2) is 0 Å². The second kappa shape index (κ2) is 9.92. The quantitative estimate of drug-likeness (QED) is 0.449. The van der Waals surface area contributed by atoms with E-state index in [0.717, 1.165) is 33.8 Å². The number of hydrogen-bond acceptors (Lipinski definition) is 4. The largest absolute Gasteiger partial charge is 0.497 e. The minimum atomic E-state index is -0.207. The molecule has 1 atom stereocenters. The number of carbonyl (C=O) groups excluding carboxylic acids is 1. The van der Waals surface area contributed by atoms with Gasteiger partial charge >= 0.3 is 0 Å². The number of rotatable bonds is 8. The third kappa shape index (κ3) is 4.86. The molecule has 0 radical (unpaired) electrons. The first-order valence-corrected chi connectivity index (χ1v) is 10.6. The van der Waals surface area contributed by atoms with Gasteiger partial charge in [0.25, 0.3) is 0 Å². The van der Waals surface area contributed by atoms with Crippen LogP contribution in [0.4, 0.5) is 0 Å². The Labute approximate surface area is 187 Å². The summed E-state index contributed by atoms with van der Waals surface area (Å²) >= 11 is 0. The molecule has 162 valence electrons. The maximum absolute atomic E-state index is 12.6. The van der Waals surface area contributed by atoms with Crippen LogP contribution in [-0.4, -0.2) is 34.3 Å². The molecule has 0 aliphatic carbocycles. The Balaban J connectivity index is 1.51. The number of nitrogens with one attached hydrogen (secondary N) is 1. The summed E-state index contributed by atoms with van der Waals surface area (Å²) in [6, 6.07) is 23.6. The van der Waals surface area contributed by atoms with Gasteiger partial charge in [-0.2, -0.15) is 5.10 Å². The average Bonchev–Trinajstić information content (AvgIpc) is 3.28. The van der Waals surface area contributed by atoms with Gasteiger partial charge in [0.05, 0.1) is 31.0 Å². The first-order valence-electron chi connectivity index (χ1n) is 10.6. The molecule has 6 heteroatoms. The van der Waals surface area contributed by atoms with Gasteiger partial charge in [-0.3, -0.25) is 14.5 Å². The van der Waals surface area contributed by atoms with Crippen LogP contribution in [0, 0.1) is 0 Å². The lowest BCUT2D eigenvalue weighted by Crippen LogP contribution is -2.31. The summed E-state index contributed by atoms with van der Waals surface area (Å²) in [6.07, 6.45) is 3.57. The molecule has 2 heterocycles. The molecule has 0 saturated carbocycles. The van der Waals surface area contributed by atoms with Gasteiger partial charge in [-0.05, 0) is 55.0 Å². The first kappa shape index (κ1) is 21.3. The van der Waals surface area contributed by atoms with Crippen LogP contribution in [-0.2, 0) is 11.3 Å². The molecule has 2 aromatic carbocycles. The van der Waals surface area contributed by atoms with Crippen molar-refractivity contribution in [3.63, 3.8) is 0 Å². The molecule has 1 N–H and O–H groups in total. The molecule has 0 spiro atoms. The molecule has 2 aromatic heterocycles. The normalized spacial score (nSPS) is 11.7. The number of carbonyl (C=O) groups is 1. The standard InChI is InChI=1S/C26H26N4O2/c1-19(20-7-4-3-5-8-20)26(31)28-15-16-30-25(22-9-6-14-27-18-22)17-24(29-30)21-10-12-23(32-2)13-11-21/h3-14,17-19H,15-16H2,1-2H3,(H,28,31)/t19-/m0/s1. The van der Waals surface area contributed by atoms with E-state index < -0.39 is 0 Å². The van der Waals surface area contributed by atoms with E-state index in [1.54, 1.807) is 13.3 Å². The van der Waals surface area contributed by atoms with Gasteiger partial charge in [0.15, 0.2) is 0 Å². The van der Waals surface area contributed by atoms with Crippen LogP contribution in [0.3, 0.4) is 0 Å². The molecular weight excluding hydrogens is 400 g/mol. The molecule has 0 aliphatic rings. The van der Waals surface area contributed by atoms with E-state index in [2.05, 4.69) is 10.3 Å². The summed E-state index contributed by atoms with van der Waals surface area (Å²) in [5.74, 6) is 0.596. The molecule has 6 nitrogen and oxygen atoms in total. The predicted octanol–water partition coefficient (Wildman–Crippen LogP) is 4.54. The number of aromatic nitrogens is 3. The molecule has 0 unspecified atom stereocenters. The summed E-state index contributed by atoms with van der Waals surface area (Å²) in [7, 11) is 1.65. The van der Waals surface area contributed by atoms with Crippen molar-refractivity contribution in [3.05, 3.63) is 90.8 Å². The van der Waals surface area contributed by atoms with Crippen molar-refractivity contribution in [1.82, 2.24) is 20.1 Å². The highest BCUT2D eigenvalue weighted by atomic mass is 16.5. The second-order valence-corrected chi connectivity index (χ2v) is 7.53. The average molecular weight is 427 g/mol. The van der Waals surface area contributed by atoms with Crippen molar-refractivity contribution in [3.8, 4) is 28.3 Å². The Bertz CT molecular complexity index is 1160. The number of pyridine rings is 1. The van der Waals surface area contributed by atoms with Gasteiger partial charge in [0.2, 0.25) is 5.91 Å². The van der Waals surface area contributed by atoms with Crippen molar-refractivity contribution < 1.29 is 9.53 Å². The lowest BCUT2D eigenvalue weighted by atomic mass is 10.0. The lowest BCUT2D eigenvalue weighted by Gasteiger charge is -2.13. The molecule has 0 bridgehead atoms. The monoisotopic (exact) mass is 426 g/mol. The fourth-order valence-electron chi connectivity index (χ4n) is 3.57. The van der Waals surface area contributed by atoms with E-state index in [1.807, 2.05) is 90.6 Å². The first-order chi connectivity index (χ1) is 15.7. The van der Waals surface area contributed by atoms with E-state index >= 15 is 0 Å². The predicted molar refractivity (Wildman–Crippen MR) is 125 cm³/mol. The number of nitrogens with zero attached hydrogens (tertiary/aromatic N) is 3. The smallest absolute Gasteiger partial charge is 0.227 e. The van der Waals surface area contributed by atoms with Gasteiger partial charge in [-0.15, -0.1) is 0 Å². The van der Waals surface area contributed by atoms with E-state index in [-0.39, 0.29) is 11.8 Å². The van der Waals surface area contributed by atoms with Crippen molar-refractivity contribution >= 4 is 5.91 Å². The van der Waals surface area contributed by atoms with E-state index in [4.69, 9.17) is 9.84 Å². The van der Waals surface area contributed by atoms with Gasteiger partial charge in [-0.1, -0.05) is 30.3 Å². The zero-order chi connectivity index (χ0) is 22.3. The number of amides is 1. The maximum Gasteiger partial charge on any atom is 0.227 e. The topological polar surface area (TPSA) is 69.0 Å². The lowest BCUT2D eigenvalue weighted by molar-refractivity contribution is -0.122. The zero-order valence-electron chi connectivity index (χ0n) is 18.2. The Morgan fingerprint density at radius 2 is 1.81 bits per heavy atom. The fraction of sp³-hybridized carbons (Fsp3) is 0.192. The summed E-state index contributed by atoms with van der Waals surface area (Å²) in [4.78, 5) is 16.9. The highest BCUT2D eigenvalue weighted by Gasteiger charge is 2.16. The summed E-state index contributed by atoms with van der Waals surface area (Å²) in [5, 5.41) is 7.85. The fourth-order valence-corrected chi connectivity index (χ4v) is 3.57. The third-order valence-corrected chi connectivity index (χ3v) is 5.44. The van der Waals surface area contributed by atoms with Crippen LogP contribution in [0.2, 0.25) is 0 Å². The number of ether oxygens (including phenoxy) is 1. The highest BCUT2D eigenvalue weighted by Crippen LogP contribution is 2.27. The summed E-state index contributed by atoms with van der Waals surface area (Å²) < 4.78 is 7.18. The minimum absolute atomic E-state index is 0.00154. The van der Waals surface area contributed by atoms with Crippen molar-refractivity contribution in [2.45, 2.75) is 19.4 Å². The van der Waals surface area contributed by atoms with Gasteiger partial charge in [0.1, 0.15) is 5.75 Å². The van der Waals surface area contributed by atoms with Gasteiger partial charge in [0, 0.05) is 30.1 Å². The molecule has 4 rings (SSSR count). The molecule has 0 aliphatic heterocycles. The molecule has 0 fully saturated rings. The molecular formula is C26H26N4O2. The molecule has 1 amide bonds. The second-order valence-electron chi connectivity index (χ2n) is 7.53. The number of hydrogen-bond donors (Lipinski definition) is 1. The molecule has 4 aromatic rings. The van der Waals surface area contributed by atoms with Crippen LogP contribution in [0.1, 0.15) is 18.4 Å². The highest BCUT2D eigenvalue weighted by molar-refractivity contribution is 5.83. The number of benzene rings is 2. The summed E-state index contributed by atoms with van der Waals surface area (Å²) in [5.41, 5.74) is 4.78. The van der Waals surface area contributed by atoms with Crippen LogP contribution in [0.15, 0.2) is 85.2 Å². The van der Waals surface area contributed by atoms with Crippen LogP contribution in [0.5, 0.6) is 5.75 Å². The summed E-state index contributed by atoms with van der Waals surface area (Å²) in [6.45, 7) is 2.95. The van der Waals surface area contributed by atoms with Crippen LogP contribution in [0.25, 0.3) is 22.5 Å². The van der Waals surface area contributed by atoms with Gasteiger partial charge < -0.3 is 10.1 Å². The Hall–Kier alpha value is -3.93. The van der Waals surface area contributed by atoms with Crippen LogP contribution < -0.4 is 10.1 Å². The molecule has 32 heavy (non-hydrogen) atoms. The Morgan fingerprint density at radius 3 is 2.50 bits per heavy atom. The Kier molecular flexibility index (Phi) is 6.60. The zero-order valence-corrected chi connectivity index (χ0v) is 18.2.